The summed E-state index contributed by atoms with van der Waals surface area (Å²) in [6.07, 6.45) is 0. The highest BCUT2D eigenvalue weighted by Gasteiger charge is 2.09. The van der Waals surface area contributed by atoms with Gasteiger partial charge in [-0.2, -0.15) is 0 Å². The molecule has 0 bridgehead atoms. The van der Waals surface area contributed by atoms with Gasteiger partial charge >= 0.3 is 11.9 Å². The van der Waals surface area contributed by atoms with Crippen molar-refractivity contribution in [3.63, 3.8) is 0 Å². The second-order valence-corrected chi connectivity index (χ2v) is 2.26. The topological polar surface area (TPSA) is 86.6 Å². The zero-order valence-electron chi connectivity index (χ0n) is 6.20. The number of rotatable bonds is 5. The third kappa shape index (κ3) is 5.35. The van der Waals surface area contributed by atoms with Crippen LogP contribution in [0.15, 0.2) is 0 Å². The van der Waals surface area contributed by atoms with Crippen LogP contribution in [0.3, 0.4) is 0 Å². The van der Waals surface area contributed by atoms with Crippen molar-refractivity contribution in [1.82, 2.24) is 5.32 Å². The first-order valence-electron chi connectivity index (χ1n) is 3.19. The molecule has 11 heavy (non-hydrogen) atoms. The molecule has 0 radical (unpaired) electrons. The largest absolute Gasteiger partial charge is 0.481 e. The molecule has 0 aliphatic heterocycles. The molecule has 0 rings (SSSR count). The molecule has 0 amide bonds. The monoisotopic (exact) mass is 161 g/mol. The number of hydrogen-bond donors (Lipinski definition) is 3. The van der Waals surface area contributed by atoms with Gasteiger partial charge in [0.15, 0.2) is 0 Å². The number of carbonyl (C=O) groups is 2. The minimum absolute atomic E-state index is 0.182. The van der Waals surface area contributed by atoms with Gasteiger partial charge in [0.1, 0.15) is 0 Å². The molecular formula is C6H11NO4. The molecule has 0 aliphatic rings. The van der Waals surface area contributed by atoms with E-state index in [1.165, 1.54) is 6.92 Å². The van der Waals surface area contributed by atoms with Crippen molar-refractivity contribution in [1.29, 1.82) is 0 Å². The first-order valence-corrected chi connectivity index (χ1v) is 3.19. The number of aliphatic carboxylic acids is 2. The number of carboxylic acid groups (broad SMARTS) is 2. The van der Waals surface area contributed by atoms with Crippen LogP contribution in [-0.4, -0.2) is 35.2 Å². The molecule has 0 saturated heterocycles. The number of nitrogens with one attached hydrogen (secondary N) is 1. The Labute approximate surface area is 64.0 Å². The highest BCUT2D eigenvalue weighted by molar-refractivity contribution is 5.70. The van der Waals surface area contributed by atoms with E-state index < -0.39 is 17.9 Å². The van der Waals surface area contributed by atoms with Crippen LogP contribution in [0.5, 0.6) is 0 Å². The van der Waals surface area contributed by atoms with E-state index in [1.54, 1.807) is 0 Å². The number of carboxylic acids is 2. The average Bonchev–Trinajstić information content (AvgIpc) is 1.86. The van der Waals surface area contributed by atoms with Crippen LogP contribution in [0.25, 0.3) is 0 Å². The first kappa shape index (κ1) is 9.90. The van der Waals surface area contributed by atoms with E-state index in [9.17, 15) is 9.59 Å². The van der Waals surface area contributed by atoms with E-state index in [0.29, 0.717) is 0 Å². The Hall–Kier alpha value is -1.10. The highest BCUT2D eigenvalue weighted by Crippen LogP contribution is 1.90. The summed E-state index contributed by atoms with van der Waals surface area (Å²) >= 11 is 0. The van der Waals surface area contributed by atoms with Crippen LogP contribution in [0.1, 0.15) is 6.92 Å². The summed E-state index contributed by atoms with van der Waals surface area (Å²) in [4.78, 5) is 20.1. The van der Waals surface area contributed by atoms with Gasteiger partial charge < -0.3 is 15.5 Å². The van der Waals surface area contributed by atoms with Gasteiger partial charge in [-0.05, 0) is 0 Å². The molecule has 0 fully saturated rings. The smallest absolute Gasteiger partial charge is 0.317 e. The highest BCUT2D eigenvalue weighted by atomic mass is 16.4. The van der Waals surface area contributed by atoms with Crippen molar-refractivity contribution in [2.45, 2.75) is 6.92 Å². The first-order chi connectivity index (χ1) is 5.04. The fourth-order valence-electron chi connectivity index (χ4n) is 0.483. The van der Waals surface area contributed by atoms with Gasteiger partial charge in [0.25, 0.3) is 0 Å². The Bertz CT molecular complexity index is 157. The SMILES string of the molecule is CC(CNCC(=O)O)C(=O)O. The predicted molar refractivity (Wildman–Crippen MR) is 37.3 cm³/mol. The van der Waals surface area contributed by atoms with E-state index in [2.05, 4.69) is 5.32 Å². The van der Waals surface area contributed by atoms with Crippen molar-refractivity contribution in [3.8, 4) is 0 Å². The minimum atomic E-state index is -0.984. The quantitative estimate of drug-likeness (QED) is 0.500. The summed E-state index contributed by atoms with van der Waals surface area (Å²) in [5, 5.41) is 19.0. The van der Waals surface area contributed by atoms with Crippen molar-refractivity contribution >= 4 is 11.9 Å². The molecule has 5 nitrogen and oxygen atoms in total. The van der Waals surface area contributed by atoms with Gasteiger partial charge in [-0.3, -0.25) is 9.59 Å². The normalized spacial score (nSPS) is 12.5. The lowest BCUT2D eigenvalue weighted by atomic mass is 10.2. The predicted octanol–water partition coefficient (Wildman–Crippen LogP) is -0.619. The van der Waals surface area contributed by atoms with Gasteiger partial charge in [-0.1, -0.05) is 6.92 Å². The molecule has 64 valence electrons. The second-order valence-electron chi connectivity index (χ2n) is 2.26. The van der Waals surface area contributed by atoms with Gasteiger partial charge in [0, 0.05) is 6.54 Å². The fraction of sp³-hybridized carbons (Fsp3) is 0.667. The van der Waals surface area contributed by atoms with Gasteiger partial charge in [0.2, 0.25) is 0 Å². The van der Waals surface area contributed by atoms with Gasteiger partial charge in [-0.15, -0.1) is 0 Å². The average molecular weight is 161 g/mol. The lowest BCUT2D eigenvalue weighted by molar-refractivity contribution is -0.141. The molecule has 0 spiro atoms. The summed E-state index contributed by atoms with van der Waals surface area (Å²) in [6, 6.07) is 0. The Kier molecular flexibility index (Phi) is 4.21. The molecule has 0 aliphatic carbocycles. The molecule has 0 aromatic carbocycles. The maximum Gasteiger partial charge on any atom is 0.317 e. The third-order valence-corrected chi connectivity index (χ3v) is 1.15. The maximum atomic E-state index is 10.2. The van der Waals surface area contributed by atoms with Crippen LogP contribution in [0, 0.1) is 5.92 Å². The van der Waals surface area contributed by atoms with E-state index in [4.69, 9.17) is 10.2 Å². The molecule has 5 heteroatoms. The van der Waals surface area contributed by atoms with Gasteiger partial charge in [0.05, 0.1) is 12.5 Å². The standard InChI is InChI=1S/C6H11NO4/c1-4(6(10)11)2-7-3-5(8)9/h4,7H,2-3H2,1H3,(H,8,9)(H,10,11). The Morgan fingerprint density at radius 1 is 1.45 bits per heavy atom. The van der Waals surface area contributed by atoms with E-state index in [0.717, 1.165) is 0 Å². The fourth-order valence-corrected chi connectivity index (χ4v) is 0.483. The van der Waals surface area contributed by atoms with Crippen molar-refractivity contribution in [2.24, 2.45) is 5.92 Å². The van der Waals surface area contributed by atoms with Crippen molar-refractivity contribution < 1.29 is 19.8 Å². The van der Waals surface area contributed by atoms with Crippen LogP contribution in [-0.2, 0) is 9.59 Å². The molecule has 1 unspecified atom stereocenters. The third-order valence-electron chi connectivity index (χ3n) is 1.15. The van der Waals surface area contributed by atoms with E-state index in [-0.39, 0.29) is 13.1 Å². The van der Waals surface area contributed by atoms with Crippen LogP contribution >= 0.6 is 0 Å². The zero-order chi connectivity index (χ0) is 8.85. The summed E-state index contributed by atoms with van der Waals surface area (Å²) < 4.78 is 0. The van der Waals surface area contributed by atoms with E-state index in [1.807, 2.05) is 0 Å². The lowest BCUT2D eigenvalue weighted by Crippen LogP contribution is -2.30. The molecule has 0 heterocycles. The number of hydrogen-bond acceptors (Lipinski definition) is 3. The minimum Gasteiger partial charge on any atom is -0.481 e. The van der Waals surface area contributed by atoms with Crippen LogP contribution < -0.4 is 5.32 Å². The van der Waals surface area contributed by atoms with E-state index >= 15 is 0 Å². The Morgan fingerprint density at radius 2 is 2.00 bits per heavy atom. The molecule has 3 N–H and O–H groups in total. The molecule has 1 atom stereocenters. The molecular weight excluding hydrogens is 150 g/mol. The Morgan fingerprint density at radius 3 is 2.36 bits per heavy atom. The maximum absolute atomic E-state index is 10.2. The molecule has 0 aromatic heterocycles. The zero-order valence-corrected chi connectivity index (χ0v) is 6.20. The summed E-state index contributed by atoms with van der Waals surface area (Å²) in [5.74, 6) is -2.46. The van der Waals surface area contributed by atoms with Crippen LogP contribution in [0.4, 0.5) is 0 Å². The van der Waals surface area contributed by atoms with Crippen LogP contribution in [0.2, 0.25) is 0 Å². The van der Waals surface area contributed by atoms with Crippen molar-refractivity contribution in [2.75, 3.05) is 13.1 Å². The lowest BCUT2D eigenvalue weighted by Gasteiger charge is -2.04. The molecule has 0 saturated carbocycles. The Balaban J connectivity index is 3.39. The molecule has 0 aromatic rings. The summed E-state index contributed by atoms with van der Waals surface area (Å²) in [5.41, 5.74) is 0. The summed E-state index contributed by atoms with van der Waals surface area (Å²) in [6.45, 7) is 1.50. The van der Waals surface area contributed by atoms with Gasteiger partial charge in [-0.25, -0.2) is 0 Å². The van der Waals surface area contributed by atoms with Crippen molar-refractivity contribution in [3.05, 3.63) is 0 Å². The second kappa shape index (κ2) is 4.68. The summed E-state index contributed by atoms with van der Waals surface area (Å²) in [7, 11) is 0.